The van der Waals surface area contributed by atoms with E-state index in [2.05, 4.69) is 17.2 Å². The van der Waals surface area contributed by atoms with Crippen molar-refractivity contribution in [1.29, 1.82) is 0 Å². The molecule has 0 aliphatic carbocycles. The van der Waals surface area contributed by atoms with Crippen LogP contribution in [0.25, 0.3) is 17.0 Å². The van der Waals surface area contributed by atoms with E-state index >= 15 is 0 Å². The lowest BCUT2D eigenvalue weighted by atomic mass is 10.1. The molecule has 0 atom stereocenters. The molecule has 2 aromatic carbocycles. The Morgan fingerprint density at radius 2 is 1.83 bits per heavy atom. The molecule has 23 heavy (non-hydrogen) atoms. The van der Waals surface area contributed by atoms with Gasteiger partial charge in [0.25, 0.3) is 0 Å². The number of aromatic nitrogens is 1. The van der Waals surface area contributed by atoms with Gasteiger partial charge in [0.1, 0.15) is 0 Å². The van der Waals surface area contributed by atoms with Crippen LogP contribution in [0.2, 0.25) is 0 Å². The van der Waals surface area contributed by atoms with E-state index in [9.17, 15) is 4.79 Å². The first kappa shape index (κ1) is 15.0. The summed E-state index contributed by atoms with van der Waals surface area (Å²) in [6.07, 6.45) is 4.13. The zero-order valence-corrected chi connectivity index (χ0v) is 13.0. The number of hydrogen-bond donors (Lipinski definition) is 1. The number of rotatable bonds is 4. The highest BCUT2D eigenvalue weighted by atomic mass is 16.1. The topological polar surface area (TPSA) is 42.0 Å². The van der Waals surface area contributed by atoms with Gasteiger partial charge in [0, 0.05) is 17.1 Å². The van der Waals surface area contributed by atoms with Gasteiger partial charge in [0.15, 0.2) is 0 Å². The van der Waals surface area contributed by atoms with Crippen molar-refractivity contribution in [2.75, 3.05) is 5.32 Å². The van der Waals surface area contributed by atoms with Crippen molar-refractivity contribution < 1.29 is 4.79 Å². The number of carbonyl (C=O) groups is 1. The van der Waals surface area contributed by atoms with Crippen molar-refractivity contribution in [2.45, 2.75) is 13.3 Å². The highest BCUT2D eigenvalue weighted by Gasteiger charge is 2.02. The van der Waals surface area contributed by atoms with Crippen LogP contribution in [-0.2, 0) is 11.2 Å². The number of benzene rings is 2. The zero-order chi connectivity index (χ0) is 16.1. The van der Waals surface area contributed by atoms with Crippen molar-refractivity contribution in [2.24, 2.45) is 0 Å². The first-order chi connectivity index (χ1) is 11.3. The first-order valence-corrected chi connectivity index (χ1v) is 7.69. The first-order valence-electron chi connectivity index (χ1n) is 7.69. The van der Waals surface area contributed by atoms with E-state index in [1.807, 2.05) is 60.7 Å². The summed E-state index contributed by atoms with van der Waals surface area (Å²) in [5.41, 5.74) is 3.67. The molecule has 3 rings (SSSR count). The molecule has 0 aliphatic heterocycles. The molecular weight excluding hydrogens is 284 g/mol. The summed E-state index contributed by atoms with van der Waals surface area (Å²) in [5.74, 6) is -0.152. The van der Waals surface area contributed by atoms with E-state index in [1.165, 1.54) is 6.08 Å². The summed E-state index contributed by atoms with van der Waals surface area (Å²) in [6, 6.07) is 19.7. The molecule has 0 radical (unpaired) electrons. The Bertz CT molecular complexity index is 868. The number of hydrogen-bond acceptors (Lipinski definition) is 2. The lowest BCUT2D eigenvalue weighted by molar-refractivity contribution is -0.111. The summed E-state index contributed by atoms with van der Waals surface area (Å²) in [4.78, 5) is 16.6. The molecule has 1 heterocycles. The third-order valence-corrected chi connectivity index (χ3v) is 3.68. The smallest absolute Gasteiger partial charge is 0.248 e. The van der Waals surface area contributed by atoms with E-state index in [-0.39, 0.29) is 5.91 Å². The molecular formula is C20H18N2O. The normalized spacial score (nSPS) is 11.0. The number of pyridine rings is 1. The molecule has 0 bridgehead atoms. The molecule has 3 aromatic rings. The van der Waals surface area contributed by atoms with Crippen LogP contribution >= 0.6 is 0 Å². The van der Waals surface area contributed by atoms with Crippen LogP contribution < -0.4 is 5.32 Å². The molecule has 0 fully saturated rings. The average Bonchev–Trinajstić information content (AvgIpc) is 2.60. The standard InChI is InChI=1S/C20H18N2O/c1-2-15-7-3-5-9-18(15)22-20(23)14-13-17-12-11-16-8-4-6-10-19(16)21-17/h3-14H,2H2,1H3,(H,22,23)/b14-13+. The van der Waals surface area contributed by atoms with Crippen molar-refractivity contribution in [3.8, 4) is 0 Å². The van der Waals surface area contributed by atoms with Crippen LogP contribution in [0.1, 0.15) is 18.2 Å². The summed E-state index contributed by atoms with van der Waals surface area (Å²) < 4.78 is 0. The lowest BCUT2D eigenvalue weighted by Gasteiger charge is -2.07. The van der Waals surface area contributed by atoms with Gasteiger partial charge in [-0.3, -0.25) is 4.79 Å². The summed E-state index contributed by atoms with van der Waals surface area (Å²) in [5, 5.41) is 4.00. The molecule has 114 valence electrons. The van der Waals surface area contributed by atoms with Gasteiger partial charge in [-0.15, -0.1) is 0 Å². The fourth-order valence-electron chi connectivity index (χ4n) is 2.46. The molecule has 0 aliphatic rings. The van der Waals surface area contributed by atoms with Gasteiger partial charge in [-0.05, 0) is 36.3 Å². The Hall–Kier alpha value is -2.94. The van der Waals surface area contributed by atoms with Gasteiger partial charge in [-0.2, -0.15) is 0 Å². The van der Waals surface area contributed by atoms with Crippen LogP contribution in [0.5, 0.6) is 0 Å². The Labute approximate surface area is 135 Å². The summed E-state index contributed by atoms with van der Waals surface area (Å²) >= 11 is 0. The minimum atomic E-state index is -0.152. The minimum Gasteiger partial charge on any atom is -0.322 e. The maximum atomic E-state index is 12.1. The third kappa shape index (κ3) is 3.64. The minimum absolute atomic E-state index is 0.152. The van der Waals surface area contributed by atoms with Crippen molar-refractivity contribution in [3.05, 3.63) is 78.0 Å². The molecule has 0 saturated heterocycles. The number of fused-ring (bicyclic) bond motifs is 1. The Morgan fingerprint density at radius 1 is 1.04 bits per heavy atom. The second-order valence-corrected chi connectivity index (χ2v) is 5.26. The van der Waals surface area contributed by atoms with E-state index in [4.69, 9.17) is 0 Å². The van der Waals surface area contributed by atoms with Gasteiger partial charge in [0.05, 0.1) is 11.2 Å². The fraction of sp³-hybridized carbons (Fsp3) is 0.100. The largest absolute Gasteiger partial charge is 0.322 e. The average molecular weight is 302 g/mol. The quantitative estimate of drug-likeness (QED) is 0.723. The number of carbonyl (C=O) groups excluding carboxylic acids is 1. The van der Waals surface area contributed by atoms with Crippen LogP contribution in [0.4, 0.5) is 5.69 Å². The van der Waals surface area contributed by atoms with E-state index in [0.29, 0.717) is 0 Å². The van der Waals surface area contributed by atoms with Gasteiger partial charge >= 0.3 is 0 Å². The van der Waals surface area contributed by atoms with Gasteiger partial charge < -0.3 is 5.32 Å². The van der Waals surface area contributed by atoms with Crippen LogP contribution in [0.15, 0.2) is 66.7 Å². The number of nitrogens with one attached hydrogen (secondary N) is 1. The lowest BCUT2D eigenvalue weighted by Crippen LogP contribution is -2.09. The number of anilines is 1. The summed E-state index contributed by atoms with van der Waals surface area (Å²) in [6.45, 7) is 2.07. The van der Waals surface area contributed by atoms with Crippen molar-refractivity contribution >= 4 is 28.6 Å². The highest BCUT2D eigenvalue weighted by molar-refractivity contribution is 6.02. The van der Waals surface area contributed by atoms with Crippen LogP contribution in [0.3, 0.4) is 0 Å². The third-order valence-electron chi connectivity index (χ3n) is 3.68. The van der Waals surface area contributed by atoms with E-state index in [0.717, 1.165) is 34.3 Å². The predicted octanol–water partition coefficient (Wildman–Crippen LogP) is 4.45. The molecule has 1 N–H and O–H groups in total. The Kier molecular flexibility index (Phi) is 4.48. The van der Waals surface area contributed by atoms with E-state index < -0.39 is 0 Å². The van der Waals surface area contributed by atoms with Crippen LogP contribution in [0, 0.1) is 0 Å². The number of aryl methyl sites for hydroxylation is 1. The Balaban J connectivity index is 1.74. The molecule has 1 amide bonds. The van der Waals surface area contributed by atoms with Gasteiger partial charge in [-0.25, -0.2) is 4.98 Å². The zero-order valence-electron chi connectivity index (χ0n) is 13.0. The Morgan fingerprint density at radius 3 is 2.70 bits per heavy atom. The van der Waals surface area contributed by atoms with Crippen molar-refractivity contribution in [3.63, 3.8) is 0 Å². The van der Waals surface area contributed by atoms with Crippen LogP contribution in [-0.4, -0.2) is 10.9 Å². The number of nitrogens with zero attached hydrogens (tertiary/aromatic N) is 1. The molecule has 1 aromatic heterocycles. The van der Waals surface area contributed by atoms with Gasteiger partial charge in [-0.1, -0.05) is 49.4 Å². The SMILES string of the molecule is CCc1ccccc1NC(=O)/C=C/c1ccc2ccccc2n1. The monoisotopic (exact) mass is 302 g/mol. The van der Waals surface area contributed by atoms with E-state index in [1.54, 1.807) is 6.08 Å². The summed E-state index contributed by atoms with van der Waals surface area (Å²) in [7, 11) is 0. The maximum Gasteiger partial charge on any atom is 0.248 e. The molecule has 0 unspecified atom stereocenters. The second-order valence-electron chi connectivity index (χ2n) is 5.26. The fourth-order valence-corrected chi connectivity index (χ4v) is 2.46. The molecule has 3 nitrogen and oxygen atoms in total. The molecule has 0 saturated carbocycles. The predicted molar refractivity (Wildman–Crippen MR) is 95.2 cm³/mol. The highest BCUT2D eigenvalue weighted by Crippen LogP contribution is 2.16. The number of amides is 1. The molecule has 0 spiro atoms. The number of para-hydroxylation sites is 2. The maximum absolute atomic E-state index is 12.1. The molecule has 3 heteroatoms. The van der Waals surface area contributed by atoms with Gasteiger partial charge in [0.2, 0.25) is 5.91 Å². The second kappa shape index (κ2) is 6.88. The van der Waals surface area contributed by atoms with Crippen molar-refractivity contribution in [1.82, 2.24) is 4.98 Å².